The van der Waals surface area contributed by atoms with E-state index in [2.05, 4.69) is 26.5 Å². The summed E-state index contributed by atoms with van der Waals surface area (Å²) >= 11 is 6.09. The summed E-state index contributed by atoms with van der Waals surface area (Å²) in [5, 5.41) is 6.68. The summed E-state index contributed by atoms with van der Waals surface area (Å²) in [7, 11) is 0. The third-order valence-corrected chi connectivity index (χ3v) is 4.49. The van der Waals surface area contributed by atoms with Gasteiger partial charge in [0.2, 0.25) is 0 Å². The zero-order valence-electron chi connectivity index (χ0n) is 16.6. The first-order valence-corrected chi connectivity index (χ1v) is 9.77. The van der Waals surface area contributed by atoms with Gasteiger partial charge in [-0.25, -0.2) is 20.2 Å². The average Bonchev–Trinajstić information content (AvgIpc) is 3.09. The van der Waals surface area contributed by atoms with Crippen molar-refractivity contribution in [2.24, 2.45) is 4.99 Å². The van der Waals surface area contributed by atoms with Crippen molar-refractivity contribution < 1.29 is 9.18 Å². The van der Waals surface area contributed by atoms with Crippen LogP contribution in [0.5, 0.6) is 0 Å². The Labute approximate surface area is 174 Å². The Kier molecular flexibility index (Phi) is 6.52. The van der Waals surface area contributed by atoms with Crippen LogP contribution in [-0.4, -0.2) is 23.6 Å². The Morgan fingerprint density at radius 3 is 2.55 bits per heavy atom. The first-order valence-electron chi connectivity index (χ1n) is 9.39. The highest BCUT2D eigenvalue weighted by Gasteiger charge is 2.26. The molecule has 4 N–H and O–H groups in total. The molecule has 0 bridgehead atoms. The Balaban J connectivity index is 1.73. The van der Waals surface area contributed by atoms with Crippen molar-refractivity contribution in [3.63, 3.8) is 0 Å². The van der Waals surface area contributed by atoms with Gasteiger partial charge in [0.05, 0.1) is 0 Å². The molecule has 154 valence electrons. The lowest BCUT2D eigenvalue weighted by atomic mass is 10.0. The normalized spacial score (nSPS) is 19.8. The van der Waals surface area contributed by atoms with Crippen molar-refractivity contribution in [3.8, 4) is 0 Å². The number of hydrogen-bond donors (Lipinski definition) is 4. The monoisotopic (exact) mass is 417 g/mol. The molecule has 0 aliphatic carbocycles. The molecule has 0 saturated carbocycles. The number of hydrazine groups is 1. The van der Waals surface area contributed by atoms with Crippen LogP contribution in [-0.2, 0) is 0 Å². The maximum absolute atomic E-state index is 13.1. The molecule has 1 amide bonds. The summed E-state index contributed by atoms with van der Waals surface area (Å²) in [4.78, 5) is 17.2. The molecule has 2 atom stereocenters. The van der Waals surface area contributed by atoms with Gasteiger partial charge < -0.3 is 5.32 Å². The zero-order valence-corrected chi connectivity index (χ0v) is 17.3. The van der Waals surface area contributed by atoms with Gasteiger partial charge in [0.1, 0.15) is 12.0 Å². The Morgan fingerprint density at radius 1 is 1.17 bits per heavy atom. The molecule has 0 spiro atoms. The van der Waals surface area contributed by atoms with Crippen molar-refractivity contribution in [3.05, 3.63) is 70.5 Å². The molecule has 1 saturated heterocycles. The second kappa shape index (κ2) is 8.90. The fourth-order valence-electron chi connectivity index (χ4n) is 2.95. The lowest BCUT2D eigenvalue weighted by Gasteiger charge is -2.24. The fraction of sp³-hybridized carbons (Fsp3) is 0.333. The number of guanidine groups is 1. The predicted molar refractivity (Wildman–Crippen MR) is 113 cm³/mol. The molecule has 1 aliphatic heterocycles. The molecule has 6 nitrogen and oxygen atoms in total. The molecule has 1 heterocycles. The number of nitrogens with one attached hydrogen (secondary N) is 4. The minimum absolute atomic E-state index is 0.0473. The smallest absolute Gasteiger partial charge is 0.257 e. The highest BCUT2D eigenvalue weighted by Crippen LogP contribution is 2.24. The molecule has 3 rings (SSSR count). The third-order valence-electron chi connectivity index (χ3n) is 4.25. The number of halogens is 2. The van der Waals surface area contributed by atoms with Crippen LogP contribution in [0, 0.1) is 5.82 Å². The van der Waals surface area contributed by atoms with Crippen LogP contribution in [0.1, 0.15) is 49.2 Å². The molecule has 0 aromatic heterocycles. The lowest BCUT2D eigenvalue weighted by molar-refractivity contribution is 0.0975. The highest BCUT2D eigenvalue weighted by molar-refractivity contribution is 6.30. The van der Waals surface area contributed by atoms with E-state index in [0.717, 1.165) is 5.56 Å². The number of benzene rings is 2. The SMILES string of the molecule is CC(C)(C)NC(=NC1CC(c2cccc(Cl)c2)NN1)NC(=O)c1ccc(F)cc1. The third kappa shape index (κ3) is 6.25. The first kappa shape index (κ1) is 21.2. The van der Waals surface area contributed by atoms with Gasteiger partial charge in [-0.2, -0.15) is 0 Å². The Hall–Kier alpha value is -2.48. The quantitative estimate of drug-likeness (QED) is 0.455. The van der Waals surface area contributed by atoms with Crippen LogP contribution in [0.25, 0.3) is 0 Å². The largest absolute Gasteiger partial charge is 0.351 e. The zero-order chi connectivity index (χ0) is 21.0. The Bertz CT molecular complexity index is 895. The van der Waals surface area contributed by atoms with Gasteiger partial charge in [-0.1, -0.05) is 23.7 Å². The number of amides is 1. The van der Waals surface area contributed by atoms with Crippen LogP contribution < -0.4 is 21.5 Å². The molecule has 0 radical (unpaired) electrons. The number of carbonyl (C=O) groups is 1. The van der Waals surface area contributed by atoms with E-state index in [1.165, 1.54) is 24.3 Å². The van der Waals surface area contributed by atoms with E-state index in [-0.39, 0.29) is 23.7 Å². The van der Waals surface area contributed by atoms with Crippen molar-refractivity contribution in [1.29, 1.82) is 0 Å². The first-order chi connectivity index (χ1) is 13.7. The summed E-state index contributed by atoms with van der Waals surface area (Å²) in [6.07, 6.45) is 0.430. The summed E-state index contributed by atoms with van der Waals surface area (Å²) < 4.78 is 13.1. The van der Waals surface area contributed by atoms with Crippen LogP contribution in [0.15, 0.2) is 53.5 Å². The number of aliphatic imine (C=N–C) groups is 1. The van der Waals surface area contributed by atoms with E-state index in [4.69, 9.17) is 11.6 Å². The van der Waals surface area contributed by atoms with Gasteiger partial charge in [-0.15, -0.1) is 0 Å². The molecule has 1 aliphatic rings. The maximum atomic E-state index is 13.1. The van der Waals surface area contributed by atoms with E-state index >= 15 is 0 Å². The van der Waals surface area contributed by atoms with Crippen molar-refractivity contribution in [1.82, 2.24) is 21.5 Å². The highest BCUT2D eigenvalue weighted by atomic mass is 35.5. The van der Waals surface area contributed by atoms with Gasteiger partial charge >= 0.3 is 0 Å². The summed E-state index contributed by atoms with van der Waals surface area (Å²) in [5.74, 6) is -0.410. The van der Waals surface area contributed by atoms with Gasteiger partial charge in [-0.3, -0.25) is 10.1 Å². The number of hydrogen-bond acceptors (Lipinski definition) is 4. The summed E-state index contributed by atoms with van der Waals surface area (Å²) in [6.45, 7) is 5.92. The van der Waals surface area contributed by atoms with Gasteiger partial charge in [0, 0.05) is 28.6 Å². The van der Waals surface area contributed by atoms with Crippen LogP contribution in [0.3, 0.4) is 0 Å². The molecule has 2 aromatic carbocycles. The maximum Gasteiger partial charge on any atom is 0.257 e. The number of rotatable bonds is 3. The minimum Gasteiger partial charge on any atom is -0.351 e. The fourth-order valence-corrected chi connectivity index (χ4v) is 3.15. The molecular formula is C21H25ClFN5O. The Morgan fingerprint density at radius 2 is 1.90 bits per heavy atom. The molecule has 2 unspecified atom stereocenters. The van der Waals surface area contributed by atoms with Gasteiger partial charge in [0.25, 0.3) is 5.91 Å². The van der Waals surface area contributed by atoms with E-state index in [1.807, 2.05) is 45.0 Å². The molecule has 2 aromatic rings. The van der Waals surface area contributed by atoms with E-state index < -0.39 is 5.82 Å². The minimum atomic E-state index is -0.392. The van der Waals surface area contributed by atoms with Crippen molar-refractivity contribution in [2.75, 3.05) is 0 Å². The van der Waals surface area contributed by atoms with Crippen molar-refractivity contribution in [2.45, 2.75) is 44.9 Å². The summed E-state index contributed by atoms with van der Waals surface area (Å²) in [6, 6.07) is 13.1. The topological polar surface area (TPSA) is 77.6 Å². The van der Waals surface area contributed by atoms with Gasteiger partial charge in [-0.05, 0) is 62.7 Å². The molecule has 29 heavy (non-hydrogen) atoms. The summed E-state index contributed by atoms with van der Waals surface area (Å²) in [5.41, 5.74) is 7.45. The van der Waals surface area contributed by atoms with Crippen LogP contribution in [0.2, 0.25) is 5.02 Å². The molecular weight excluding hydrogens is 393 g/mol. The molecule has 1 fully saturated rings. The lowest BCUT2D eigenvalue weighted by Crippen LogP contribution is -2.50. The second-order valence-corrected chi connectivity index (χ2v) is 8.40. The average molecular weight is 418 g/mol. The van der Waals surface area contributed by atoms with E-state index in [1.54, 1.807) is 0 Å². The van der Waals surface area contributed by atoms with E-state index in [0.29, 0.717) is 23.0 Å². The second-order valence-electron chi connectivity index (χ2n) is 7.96. The predicted octanol–water partition coefficient (Wildman–Crippen LogP) is 3.52. The standard InChI is InChI=1S/C21H25ClFN5O/c1-21(2,3)26-20(25-19(29)13-7-9-16(23)10-8-13)24-18-12-17(27-28-18)14-5-4-6-15(22)11-14/h4-11,17-18,27-28H,12H2,1-3H3,(H2,24,25,26,29). The number of nitrogens with zero attached hydrogens (tertiary/aromatic N) is 1. The molecule has 8 heteroatoms. The van der Waals surface area contributed by atoms with E-state index in [9.17, 15) is 9.18 Å². The van der Waals surface area contributed by atoms with Crippen LogP contribution in [0.4, 0.5) is 4.39 Å². The van der Waals surface area contributed by atoms with Crippen LogP contribution >= 0.6 is 11.6 Å². The number of carbonyl (C=O) groups excluding carboxylic acids is 1. The van der Waals surface area contributed by atoms with Gasteiger partial charge in [0.15, 0.2) is 5.96 Å². The van der Waals surface area contributed by atoms with Crippen molar-refractivity contribution >= 4 is 23.5 Å².